The summed E-state index contributed by atoms with van der Waals surface area (Å²) in [5.74, 6) is 0.153. The minimum atomic E-state index is -1.01. The van der Waals surface area contributed by atoms with E-state index < -0.39 is 12.2 Å². The molecule has 0 saturated carbocycles. The molecule has 0 aromatic carbocycles. The molecule has 3 atom stereocenters. The van der Waals surface area contributed by atoms with Crippen LogP contribution in [0.15, 0.2) is 48.6 Å². The Balaban J connectivity index is 3.68. The third kappa shape index (κ3) is 31.3. The van der Waals surface area contributed by atoms with Crippen LogP contribution >= 0.6 is 0 Å². The molecule has 2 N–H and O–H groups in total. The van der Waals surface area contributed by atoms with Crippen LogP contribution in [0.3, 0.4) is 0 Å². The number of aliphatic hydroxyl groups excluding tert-OH is 2. The van der Waals surface area contributed by atoms with Gasteiger partial charge in [-0.15, -0.1) is 0 Å². The fraction of sp³-hybridized carbons (Fsp3) is 0.737. The molecule has 2 unspecified atom stereocenters. The lowest BCUT2D eigenvalue weighted by atomic mass is 9.99. The van der Waals surface area contributed by atoms with E-state index in [0.717, 1.165) is 38.0 Å². The number of aliphatic hydroxyl groups is 2. The molecule has 0 rings (SSSR count). The van der Waals surface area contributed by atoms with Crippen LogP contribution in [0.25, 0.3) is 0 Å². The molecular formula is C38H66O6. The number of allylic oxidation sites excluding steroid dienone is 6. The van der Waals surface area contributed by atoms with Crippen molar-refractivity contribution in [1.82, 2.24) is 0 Å². The van der Waals surface area contributed by atoms with Gasteiger partial charge in [0.25, 0.3) is 0 Å². The quantitative estimate of drug-likeness (QED) is 0.0360. The summed E-state index contributed by atoms with van der Waals surface area (Å²) in [6.45, 7) is 6.46. The standard InChI is InChI=1S/C38H66O6/c1-4-6-7-8-9-10-14-18-23-28-35(39)29-24-19-16-21-26-31-38(42)44-33-36(40)32-43-37(41)30-25-20-15-12-11-13-17-22-27-34(3)5-2/h9-10,16,18-19,23-24,29,34-36,39-40H,4-8,11-15,17,20-22,25-28,30-33H2,1-3H3/b10-9-,19-16+,23-18-,29-24-/t34?,35?,36-/m1/s1. The Labute approximate surface area is 270 Å². The molecule has 0 aliphatic rings. The minimum Gasteiger partial charge on any atom is -0.463 e. The molecule has 44 heavy (non-hydrogen) atoms. The van der Waals surface area contributed by atoms with Crippen molar-refractivity contribution in [3.8, 4) is 0 Å². The van der Waals surface area contributed by atoms with Crippen molar-refractivity contribution in [2.75, 3.05) is 13.2 Å². The van der Waals surface area contributed by atoms with E-state index in [1.54, 1.807) is 6.08 Å². The molecule has 6 heteroatoms. The van der Waals surface area contributed by atoms with E-state index >= 15 is 0 Å². The van der Waals surface area contributed by atoms with Crippen LogP contribution < -0.4 is 0 Å². The summed E-state index contributed by atoms with van der Waals surface area (Å²) in [7, 11) is 0. The number of esters is 2. The lowest BCUT2D eigenvalue weighted by Gasteiger charge is -2.12. The summed E-state index contributed by atoms with van der Waals surface area (Å²) in [5, 5.41) is 20.0. The number of unbranched alkanes of at least 4 members (excludes halogenated alkanes) is 11. The fourth-order valence-corrected chi connectivity index (χ4v) is 4.54. The lowest BCUT2D eigenvalue weighted by Crippen LogP contribution is -2.25. The zero-order chi connectivity index (χ0) is 32.5. The van der Waals surface area contributed by atoms with Gasteiger partial charge in [0.05, 0.1) is 6.10 Å². The van der Waals surface area contributed by atoms with E-state index in [2.05, 4.69) is 39.0 Å². The van der Waals surface area contributed by atoms with Crippen LogP contribution in [-0.2, 0) is 19.1 Å². The first-order valence-electron chi connectivity index (χ1n) is 17.7. The summed E-state index contributed by atoms with van der Waals surface area (Å²) in [6, 6.07) is 0. The maximum absolute atomic E-state index is 11.9. The number of carbonyl (C=O) groups excluding carboxylic acids is 2. The van der Waals surface area contributed by atoms with Gasteiger partial charge in [-0.05, 0) is 50.9 Å². The Morgan fingerprint density at radius 2 is 1.25 bits per heavy atom. The van der Waals surface area contributed by atoms with Crippen molar-refractivity contribution in [1.29, 1.82) is 0 Å². The van der Waals surface area contributed by atoms with Crippen molar-refractivity contribution >= 4 is 11.9 Å². The Hall–Kier alpha value is -2.18. The topological polar surface area (TPSA) is 93.1 Å². The van der Waals surface area contributed by atoms with Crippen molar-refractivity contribution in [2.24, 2.45) is 5.92 Å². The molecule has 0 aromatic heterocycles. The van der Waals surface area contributed by atoms with Gasteiger partial charge >= 0.3 is 11.9 Å². The average molecular weight is 619 g/mol. The van der Waals surface area contributed by atoms with Gasteiger partial charge in [-0.25, -0.2) is 0 Å². The van der Waals surface area contributed by atoms with Gasteiger partial charge in [-0.2, -0.15) is 0 Å². The Kier molecular flexibility index (Phi) is 30.6. The fourth-order valence-electron chi connectivity index (χ4n) is 4.54. The van der Waals surface area contributed by atoms with E-state index in [9.17, 15) is 19.8 Å². The highest BCUT2D eigenvalue weighted by atomic mass is 16.6. The van der Waals surface area contributed by atoms with Gasteiger partial charge in [0.15, 0.2) is 0 Å². The van der Waals surface area contributed by atoms with E-state index in [4.69, 9.17) is 9.47 Å². The molecule has 6 nitrogen and oxygen atoms in total. The summed E-state index contributed by atoms with van der Waals surface area (Å²) in [6.07, 6.45) is 34.7. The second-order valence-corrected chi connectivity index (χ2v) is 12.1. The molecule has 254 valence electrons. The van der Waals surface area contributed by atoms with Crippen molar-refractivity contribution in [3.05, 3.63) is 48.6 Å². The molecule has 0 bridgehead atoms. The monoisotopic (exact) mass is 618 g/mol. The zero-order valence-electron chi connectivity index (χ0n) is 28.4. The van der Waals surface area contributed by atoms with Crippen molar-refractivity contribution in [2.45, 2.75) is 161 Å². The van der Waals surface area contributed by atoms with Crippen LogP contribution in [0.2, 0.25) is 0 Å². The third-order valence-corrected chi connectivity index (χ3v) is 7.69. The molecule has 0 spiro atoms. The van der Waals surface area contributed by atoms with Crippen molar-refractivity contribution < 1.29 is 29.3 Å². The van der Waals surface area contributed by atoms with Gasteiger partial charge in [-0.3, -0.25) is 9.59 Å². The zero-order valence-corrected chi connectivity index (χ0v) is 28.4. The molecule has 0 fully saturated rings. The Morgan fingerprint density at radius 1 is 0.659 bits per heavy atom. The van der Waals surface area contributed by atoms with Gasteiger partial charge < -0.3 is 19.7 Å². The predicted molar refractivity (Wildman–Crippen MR) is 183 cm³/mol. The van der Waals surface area contributed by atoms with Crippen molar-refractivity contribution in [3.63, 3.8) is 0 Å². The number of hydrogen-bond donors (Lipinski definition) is 2. The lowest BCUT2D eigenvalue weighted by molar-refractivity contribution is -0.152. The molecule has 0 aliphatic heterocycles. The van der Waals surface area contributed by atoms with Crippen LogP contribution in [0, 0.1) is 5.92 Å². The first kappa shape index (κ1) is 41.8. The van der Waals surface area contributed by atoms with E-state index in [0.29, 0.717) is 25.7 Å². The molecular weight excluding hydrogens is 552 g/mol. The van der Waals surface area contributed by atoms with Gasteiger partial charge in [0.2, 0.25) is 0 Å². The third-order valence-electron chi connectivity index (χ3n) is 7.69. The minimum absolute atomic E-state index is 0.157. The summed E-state index contributed by atoms with van der Waals surface area (Å²) >= 11 is 0. The van der Waals surface area contributed by atoms with Gasteiger partial charge in [-0.1, -0.05) is 140 Å². The highest BCUT2D eigenvalue weighted by Gasteiger charge is 2.12. The highest BCUT2D eigenvalue weighted by Crippen LogP contribution is 2.15. The summed E-state index contributed by atoms with van der Waals surface area (Å²) in [4.78, 5) is 23.8. The van der Waals surface area contributed by atoms with E-state index in [1.165, 1.54) is 64.2 Å². The van der Waals surface area contributed by atoms with Crippen LogP contribution in [-0.4, -0.2) is 47.6 Å². The number of ether oxygens (including phenoxy) is 2. The second-order valence-electron chi connectivity index (χ2n) is 12.1. The Bertz CT molecular complexity index is 784. The largest absolute Gasteiger partial charge is 0.463 e. The molecule has 0 aromatic rings. The second kappa shape index (κ2) is 32.2. The van der Waals surface area contributed by atoms with Gasteiger partial charge in [0, 0.05) is 12.8 Å². The number of carbonyl (C=O) groups is 2. The average Bonchev–Trinajstić information content (AvgIpc) is 3.02. The smallest absolute Gasteiger partial charge is 0.305 e. The maximum atomic E-state index is 11.9. The van der Waals surface area contributed by atoms with Gasteiger partial charge in [0.1, 0.15) is 19.3 Å². The molecule has 0 radical (unpaired) electrons. The van der Waals surface area contributed by atoms with Crippen LogP contribution in [0.4, 0.5) is 0 Å². The SMILES string of the molecule is CCCCC/C=C\C/C=C\CC(O)/C=C\C=C\CCCC(=O)OC[C@H](O)COC(=O)CCCCCCCCCCC(C)CC. The van der Waals surface area contributed by atoms with Crippen LogP contribution in [0.1, 0.15) is 149 Å². The summed E-state index contributed by atoms with van der Waals surface area (Å²) in [5.41, 5.74) is 0. The molecule has 0 saturated heterocycles. The number of hydrogen-bond acceptors (Lipinski definition) is 6. The maximum Gasteiger partial charge on any atom is 0.305 e. The first-order chi connectivity index (χ1) is 21.4. The number of rotatable bonds is 30. The predicted octanol–water partition coefficient (Wildman–Crippen LogP) is 9.50. The Morgan fingerprint density at radius 3 is 1.91 bits per heavy atom. The molecule has 0 heterocycles. The van der Waals surface area contributed by atoms with Crippen LogP contribution in [0.5, 0.6) is 0 Å². The van der Waals surface area contributed by atoms with E-state index in [1.807, 2.05) is 24.3 Å². The molecule has 0 aliphatic carbocycles. The molecule has 0 amide bonds. The highest BCUT2D eigenvalue weighted by molar-refractivity contribution is 5.69. The van der Waals surface area contributed by atoms with E-state index in [-0.39, 0.29) is 31.6 Å². The first-order valence-corrected chi connectivity index (χ1v) is 17.7. The summed E-state index contributed by atoms with van der Waals surface area (Å²) < 4.78 is 10.2. The normalized spacial score (nSPS) is 14.2.